The second-order valence-electron chi connectivity index (χ2n) is 3.46. The van der Waals surface area contributed by atoms with Gasteiger partial charge in [0, 0.05) is 16.5 Å². The average molecular weight is 257 g/mol. The first kappa shape index (κ1) is 12.2. The largest absolute Gasteiger partial charge is 0.417 e. The molecule has 0 spiro atoms. The number of benzene rings is 2. The molecule has 18 heavy (non-hydrogen) atoms. The van der Waals surface area contributed by atoms with Crippen molar-refractivity contribution in [2.45, 2.75) is 0 Å². The van der Waals surface area contributed by atoms with E-state index in [9.17, 15) is 4.79 Å². The van der Waals surface area contributed by atoms with Crippen LogP contribution in [0.4, 0.5) is 0 Å². The highest BCUT2D eigenvalue weighted by molar-refractivity contribution is 6.30. The second kappa shape index (κ2) is 5.90. The number of rotatable bonds is 1. The van der Waals surface area contributed by atoms with E-state index in [4.69, 9.17) is 16.3 Å². The lowest BCUT2D eigenvalue weighted by atomic mass is 10.2. The van der Waals surface area contributed by atoms with Gasteiger partial charge in [0.15, 0.2) is 0 Å². The highest BCUT2D eigenvalue weighted by Crippen LogP contribution is 2.09. The van der Waals surface area contributed by atoms with Gasteiger partial charge in [-0.15, -0.1) is 0 Å². The van der Waals surface area contributed by atoms with Crippen molar-refractivity contribution < 1.29 is 9.53 Å². The van der Waals surface area contributed by atoms with Crippen LogP contribution in [0.2, 0.25) is 5.02 Å². The van der Waals surface area contributed by atoms with Crippen molar-refractivity contribution in [2.75, 3.05) is 0 Å². The van der Waals surface area contributed by atoms with Crippen LogP contribution in [0.15, 0.2) is 54.6 Å². The lowest BCUT2D eigenvalue weighted by Gasteiger charge is -1.97. The quantitative estimate of drug-likeness (QED) is 0.445. The van der Waals surface area contributed by atoms with Crippen molar-refractivity contribution >= 4 is 17.6 Å². The van der Waals surface area contributed by atoms with Gasteiger partial charge in [0.25, 0.3) is 0 Å². The molecule has 0 fully saturated rings. The molecule has 0 amide bonds. The zero-order valence-corrected chi connectivity index (χ0v) is 10.1. The molecule has 0 aliphatic carbocycles. The van der Waals surface area contributed by atoms with E-state index < -0.39 is 5.97 Å². The molecule has 0 unspecified atom stereocenters. The first-order chi connectivity index (χ1) is 8.74. The van der Waals surface area contributed by atoms with E-state index in [0.717, 1.165) is 0 Å². The van der Waals surface area contributed by atoms with E-state index in [1.807, 2.05) is 6.07 Å². The first-order valence-electron chi connectivity index (χ1n) is 5.28. The van der Waals surface area contributed by atoms with E-state index in [0.29, 0.717) is 16.3 Å². The molecule has 0 N–H and O–H groups in total. The minimum atomic E-state index is -0.587. The zero-order chi connectivity index (χ0) is 12.8. The van der Waals surface area contributed by atoms with E-state index in [2.05, 4.69) is 11.8 Å². The van der Waals surface area contributed by atoms with Crippen molar-refractivity contribution in [3.63, 3.8) is 0 Å². The summed E-state index contributed by atoms with van der Waals surface area (Å²) in [6.45, 7) is 0. The van der Waals surface area contributed by atoms with Crippen LogP contribution in [0.25, 0.3) is 0 Å². The molecule has 0 heterocycles. The fraction of sp³-hybridized carbons (Fsp3) is 0. The van der Waals surface area contributed by atoms with Crippen LogP contribution in [0.5, 0.6) is 5.75 Å². The number of hydrogen-bond donors (Lipinski definition) is 0. The van der Waals surface area contributed by atoms with Gasteiger partial charge in [-0.3, -0.25) is 0 Å². The molecular weight excluding hydrogens is 248 g/mol. The highest BCUT2D eigenvalue weighted by atomic mass is 35.5. The molecule has 0 aromatic heterocycles. The topological polar surface area (TPSA) is 26.3 Å². The maximum absolute atomic E-state index is 11.4. The van der Waals surface area contributed by atoms with Gasteiger partial charge < -0.3 is 4.74 Å². The standard InChI is InChI=1S/C15H9ClO2/c16-13-9-6-12(7-10-13)8-11-15(17)18-14-4-2-1-3-5-14/h1-7,9-10H. The number of halogens is 1. The van der Waals surface area contributed by atoms with Crippen LogP contribution in [0, 0.1) is 11.8 Å². The first-order valence-corrected chi connectivity index (χ1v) is 5.66. The maximum Gasteiger partial charge on any atom is 0.390 e. The summed E-state index contributed by atoms with van der Waals surface area (Å²) in [5, 5.41) is 0.632. The maximum atomic E-state index is 11.4. The van der Waals surface area contributed by atoms with Gasteiger partial charge in [-0.25, -0.2) is 4.79 Å². The second-order valence-corrected chi connectivity index (χ2v) is 3.90. The lowest BCUT2D eigenvalue weighted by molar-refractivity contribution is -0.128. The molecule has 0 aliphatic rings. The molecule has 0 bridgehead atoms. The number of carbonyl (C=O) groups excluding carboxylic acids is 1. The van der Waals surface area contributed by atoms with Gasteiger partial charge in [0.1, 0.15) is 5.75 Å². The number of hydrogen-bond acceptors (Lipinski definition) is 2. The Kier molecular flexibility index (Phi) is 4.01. The SMILES string of the molecule is O=C(C#Cc1ccc(Cl)cc1)Oc1ccccc1. The van der Waals surface area contributed by atoms with Crippen molar-refractivity contribution in [3.8, 4) is 17.6 Å². The van der Waals surface area contributed by atoms with Crippen LogP contribution in [0.3, 0.4) is 0 Å². The smallest absolute Gasteiger partial charge is 0.390 e. The molecule has 0 aliphatic heterocycles. The Hall–Kier alpha value is -2.24. The Balaban J connectivity index is 2.02. The Morgan fingerprint density at radius 3 is 2.33 bits per heavy atom. The van der Waals surface area contributed by atoms with E-state index >= 15 is 0 Å². The van der Waals surface area contributed by atoms with E-state index in [1.165, 1.54) is 0 Å². The third kappa shape index (κ3) is 3.65. The molecule has 2 aromatic rings. The fourth-order valence-corrected chi connectivity index (χ4v) is 1.40. The Morgan fingerprint density at radius 1 is 1.00 bits per heavy atom. The minimum absolute atomic E-state index is 0.480. The molecule has 2 nitrogen and oxygen atoms in total. The van der Waals surface area contributed by atoms with Gasteiger partial charge >= 0.3 is 5.97 Å². The molecule has 3 heteroatoms. The summed E-state index contributed by atoms with van der Waals surface area (Å²) in [4.78, 5) is 11.4. The van der Waals surface area contributed by atoms with Crippen molar-refractivity contribution in [3.05, 3.63) is 65.2 Å². The molecule has 0 saturated carbocycles. The van der Waals surface area contributed by atoms with Crippen LogP contribution in [-0.4, -0.2) is 5.97 Å². The number of esters is 1. The number of para-hydroxylation sites is 1. The third-order valence-corrected chi connectivity index (χ3v) is 2.36. The van der Waals surface area contributed by atoms with Gasteiger partial charge in [-0.2, -0.15) is 0 Å². The summed E-state index contributed by atoms with van der Waals surface area (Å²) in [6, 6.07) is 15.7. The number of ether oxygens (including phenoxy) is 1. The fourth-order valence-electron chi connectivity index (χ4n) is 1.28. The summed E-state index contributed by atoms with van der Waals surface area (Å²) < 4.78 is 5.02. The molecular formula is C15H9ClO2. The Bertz CT molecular complexity index is 592. The van der Waals surface area contributed by atoms with Gasteiger partial charge in [0.2, 0.25) is 0 Å². The molecule has 2 rings (SSSR count). The predicted molar refractivity (Wildman–Crippen MR) is 70.4 cm³/mol. The minimum Gasteiger partial charge on any atom is -0.417 e. The van der Waals surface area contributed by atoms with Crippen molar-refractivity contribution in [1.82, 2.24) is 0 Å². The summed E-state index contributed by atoms with van der Waals surface area (Å²) >= 11 is 5.74. The van der Waals surface area contributed by atoms with Gasteiger partial charge in [0.05, 0.1) is 0 Å². The summed E-state index contributed by atoms with van der Waals surface area (Å²) in [5.74, 6) is 5.01. The summed E-state index contributed by atoms with van der Waals surface area (Å²) in [6.07, 6.45) is 0. The van der Waals surface area contributed by atoms with Crippen LogP contribution < -0.4 is 4.74 Å². The molecule has 0 radical (unpaired) electrons. The van der Waals surface area contributed by atoms with E-state index in [-0.39, 0.29) is 0 Å². The normalized spacial score (nSPS) is 9.17. The lowest BCUT2D eigenvalue weighted by Crippen LogP contribution is -2.04. The molecule has 0 saturated heterocycles. The third-order valence-electron chi connectivity index (χ3n) is 2.11. The van der Waals surface area contributed by atoms with Gasteiger partial charge in [-0.1, -0.05) is 35.7 Å². The summed E-state index contributed by atoms with van der Waals surface area (Å²) in [7, 11) is 0. The summed E-state index contributed by atoms with van der Waals surface area (Å²) in [5.41, 5.74) is 0.712. The van der Waals surface area contributed by atoms with Crippen LogP contribution in [0.1, 0.15) is 5.56 Å². The molecule has 0 atom stereocenters. The Morgan fingerprint density at radius 2 is 1.67 bits per heavy atom. The zero-order valence-electron chi connectivity index (χ0n) is 9.39. The van der Waals surface area contributed by atoms with Crippen LogP contribution in [-0.2, 0) is 4.79 Å². The van der Waals surface area contributed by atoms with E-state index in [1.54, 1.807) is 48.5 Å². The highest BCUT2D eigenvalue weighted by Gasteiger charge is 1.98. The average Bonchev–Trinajstić information content (AvgIpc) is 2.39. The molecule has 88 valence electrons. The molecule has 2 aromatic carbocycles. The van der Waals surface area contributed by atoms with Crippen LogP contribution >= 0.6 is 11.6 Å². The predicted octanol–water partition coefficient (Wildman–Crippen LogP) is 3.30. The van der Waals surface area contributed by atoms with Crippen molar-refractivity contribution in [2.24, 2.45) is 0 Å². The monoisotopic (exact) mass is 256 g/mol. The number of carbonyl (C=O) groups is 1. The Labute approximate surface area is 110 Å². The van der Waals surface area contributed by atoms with Crippen molar-refractivity contribution in [1.29, 1.82) is 0 Å². The van der Waals surface area contributed by atoms with Gasteiger partial charge in [-0.05, 0) is 36.4 Å².